The smallest absolute Gasteiger partial charge is 0.305 e. The van der Waals surface area contributed by atoms with E-state index < -0.39 is 23.0 Å². The number of methoxy groups -OCH3 is 1. The maximum absolute atomic E-state index is 13.9. The van der Waals surface area contributed by atoms with E-state index in [9.17, 15) is 24.3 Å². The molecule has 0 bridgehead atoms. The third-order valence-electron chi connectivity index (χ3n) is 6.89. The lowest BCUT2D eigenvalue weighted by Gasteiger charge is -2.30. The maximum atomic E-state index is 13.9. The number of ether oxygens (including phenoxy) is 2. The zero-order valence-electron chi connectivity index (χ0n) is 21.5. The van der Waals surface area contributed by atoms with Crippen LogP contribution in [0.25, 0.3) is 0 Å². The summed E-state index contributed by atoms with van der Waals surface area (Å²) in [6.45, 7) is -0.275. The van der Waals surface area contributed by atoms with Gasteiger partial charge >= 0.3 is 4.87 Å². The number of aromatic nitrogens is 1. The van der Waals surface area contributed by atoms with Crippen LogP contribution in [-0.4, -0.2) is 46.8 Å². The molecule has 1 saturated heterocycles. The minimum absolute atomic E-state index is 0.0876. The molecule has 12 heteroatoms. The number of anilines is 2. The number of thioether (sulfide) groups is 1. The van der Waals surface area contributed by atoms with Crippen LogP contribution in [0.4, 0.5) is 11.4 Å². The molecule has 3 N–H and O–H groups in total. The topological polar surface area (TPSA) is 138 Å². The van der Waals surface area contributed by atoms with Crippen molar-refractivity contribution in [2.24, 2.45) is 5.92 Å². The van der Waals surface area contributed by atoms with E-state index in [0.717, 1.165) is 11.3 Å². The van der Waals surface area contributed by atoms with Crippen LogP contribution in [0, 0.1) is 5.92 Å². The predicted octanol–water partition coefficient (Wildman–Crippen LogP) is 3.96. The van der Waals surface area contributed by atoms with Gasteiger partial charge in [0.15, 0.2) is 6.61 Å². The average molecular weight is 590 g/mol. The second-order valence-electron chi connectivity index (χ2n) is 9.42. The van der Waals surface area contributed by atoms with Gasteiger partial charge in [-0.15, -0.1) is 0 Å². The van der Waals surface area contributed by atoms with Crippen LogP contribution in [0.3, 0.4) is 0 Å². The molecule has 3 atom stereocenters. The number of imide groups is 1. The summed E-state index contributed by atoms with van der Waals surface area (Å²) in [6.07, 6.45) is 0. The lowest BCUT2D eigenvalue weighted by Crippen LogP contribution is -2.32. The van der Waals surface area contributed by atoms with Crippen LogP contribution >= 0.6 is 23.1 Å². The summed E-state index contributed by atoms with van der Waals surface area (Å²) in [5.41, 5.74) is 1.64. The van der Waals surface area contributed by atoms with Crippen molar-refractivity contribution in [3.8, 4) is 17.2 Å². The molecule has 1 aromatic heterocycles. The third-order valence-corrected chi connectivity index (χ3v) is 9.29. The Hall–Kier alpha value is -4.55. The number of carbonyl (C=O) groups excluding carboxylic acids is 3. The molecule has 3 amide bonds. The van der Waals surface area contributed by atoms with Crippen molar-refractivity contribution in [1.82, 2.24) is 4.98 Å². The Balaban J connectivity index is 1.28. The summed E-state index contributed by atoms with van der Waals surface area (Å²) in [5, 5.41) is 11.9. The van der Waals surface area contributed by atoms with Gasteiger partial charge in [-0.05, 0) is 66.2 Å². The number of rotatable bonds is 7. The zero-order valence-corrected chi connectivity index (χ0v) is 23.2. The van der Waals surface area contributed by atoms with E-state index in [4.69, 9.17) is 9.47 Å². The SMILES string of the molecule is COc1ccc(N2C(=O)C3Sc4[nH]c(=O)sc4[C@H](c4cccc(OCC(=O)Nc5ccc(O)cc5)c4)C3C2=O)cc1. The normalized spacial score (nSPS) is 19.4. The highest BCUT2D eigenvalue weighted by atomic mass is 32.2. The minimum atomic E-state index is -0.749. The fraction of sp³-hybridized carbons (Fsp3) is 0.172. The van der Waals surface area contributed by atoms with Crippen molar-refractivity contribution in [1.29, 1.82) is 0 Å². The Labute approximate surface area is 241 Å². The first-order valence-electron chi connectivity index (χ1n) is 12.6. The zero-order chi connectivity index (χ0) is 28.7. The molecule has 41 heavy (non-hydrogen) atoms. The van der Waals surface area contributed by atoms with Gasteiger partial charge in [0.1, 0.15) is 22.5 Å². The lowest BCUT2D eigenvalue weighted by molar-refractivity contribution is -0.122. The van der Waals surface area contributed by atoms with Gasteiger partial charge in [-0.2, -0.15) is 0 Å². The third kappa shape index (κ3) is 5.07. The molecule has 1 fully saturated rings. The van der Waals surface area contributed by atoms with Gasteiger partial charge in [0, 0.05) is 16.5 Å². The number of aromatic amines is 1. The quantitative estimate of drug-likeness (QED) is 0.218. The van der Waals surface area contributed by atoms with E-state index in [1.807, 2.05) is 6.07 Å². The molecule has 0 spiro atoms. The molecule has 6 rings (SSSR count). The second kappa shape index (κ2) is 10.8. The largest absolute Gasteiger partial charge is 0.508 e. The molecule has 2 aliphatic heterocycles. The summed E-state index contributed by atoms with van der Waals surface area (Å²) in [7, 11) is 1.54. The number of amides is 3. The number of fused-ring (bicyclic) bond motifs is 2. The average Bonchev–Trinajstić information content (AvgIpc) is 3.47. The Morgan fingerprint density at radius 1 is 1.00 bits per heavy atom. The van der Waals surface area contributed by atoms with Gasteiger partial charge in [-0.1, -0.05) is 35.2 Å². The van der Waals surface area contributed by atoms with E-state index in [1.165, 1.54) is 35.9 Å². The minimum Gasteiger partial charge on any atom is -0.508 e. The highest BCUT2D eigenvalue weighted by Gasteiger charge is 2.56. The molecule has 0 saturated carbocycles. The lowest BCUT2D eigenvalue weighted by atomic mass is 9.83. The first-order chi connectivity index (χ1) is 19.8. The Morgan fingerprint density at radius 3 is 2.49 bits per heavy atom. The fourth-order valence-corrected chi connectivity index (χ4v) is 7.57. The van der Waals surface area contributed by atoms with Crippen LogP contribution in [0.2, 0.25) is 0 Å². The summed E-state index contributed by atoms with van der Waals surface area (Å²) in [6, 6.07) is 19.8. The van der Waals surface area contributed by atoms with Crippen LogP contribution in [0.5, 0.6) is 17.2 Å². The van der Waals surface area contributed by atoms with Crippen molar-refractivity contribution >= 4 is 52.2 Å². The number of carbonyl (C=O) groups is 3. The van der Waals surface area contributed by atoms with Crippen LogP contribution in [0.1, 0.15) is 16.4 Å². The number of H-pyrrole nitrogens is 1. The van der Waals surface area contributed by atoms with E-state index >= 15 is 0 Å². The number of hydrogen-bond acceptors (Lipinski definition) is 9. The van der Waals surface area contributed by atoms with E-state index in [2.05, 4.69) is 10.3 Å². The number of phenols is 1. The summed E-state index contributed by atoms with van der Waals surface area (Å²) in [5.74, 6) is -1.34. The maximum Gasteiger partial charge on any atom is 0.305 e. The van der Waals surface area contributed by atoms with Crippen molar-refractivity contribution in [2.75, 3.05) is 23.9 Å². The van der Waals surface area contributed by atoms with Gasteiger partial charge in [-0.25, -0.2) is 4.90 Å². The Morgan fingerprint density at radius 2 is 1.76 bits per heavy atom. The summed E-state index contributed by atoms with van der Waals surface area (Å²) < 4.78 is 11.0. The standard InChI is InChI=1S/C29H23N3O7S2/c1-38-19-11-7-17(8-12-19)32-27(35)23-22(24-26(31-29(37)41-24)40-25(23)28(32)36)15-3-2-4-20(13-15)39-14-21(34)30-16-5-9-18(33)10-6-16/h2-13,22-23,25,33H,14H2,1H3,(H,30,34)(H,31,37)/t22-,23?,25?/m1/s1. The van der Waals surface area contributed by atoms with Crippen LogP contribution in [0.15, 0.2) is 82.6 Å². The van der Waals surface area contributed by atoms with Crippen molar-refractivity contribution in [3.63, 3.8) is 0 Å². The monoisotopic (exact) mass is 589 g/mol. The number of aromatic hydroxyl groups is 1. The van der Waals surface area contributed by atoms with E-state index in [1.54, 1.807) is 54.6 Å². The molecular formula is C29H23N3O7S2. The van der Waals surface area contributed by atoms with Crippen molar-refractivity contribution in [2.45, 2.75) is 16.2 Å². The molecule has 4 aromatic rings. The molecule has 0 radical (unpaired) electrons. The van der Waals surface area contributed by atoms with Gasteiger partial charge in [0.25, 0.3) is 5.91 Å². The highest BCUT2D eigenvalue weighted by molar-refractivity contribution is 8.00. The molecule has 2 unspecified atom stereocenters. The van der Waals surface area contributed by atoms with Crippen molar-refractivity contribution < 1.29 is 29.0 Å². The molecule has 0 aliphatic carbocycles. The fourth-order valence-electron chi connectivity index (χ4n) is 5.05. The number of thiazole rings is 1. The van der Waals surface area contributed by atoms with E-state index in [-0.39, 0.29) is 29.0 Å². The number of nitrogens with one attached hydrogen (secondary N) is 2. The molecule has 3 heterocycles. The summed E-state index contributed by atoms with van der Waals surface area (Å²) in [4.78, 5) is 56.7. The first-order valence-corrected chi connectivity index (χ1v) is 14.2. The molecule has 208 valence electrons. The molecule has 3 aromatic carbocycles. The van der Waals surface area contributed by atoms with Gasteiger partial charge in [0.2, 0.25) is 11.8 Å². The van der Waals surface area contributed by atoms with Crippen molar-refractivity contribution in [3.05, 3.63) is 92.9 Å². The van der Waals surface area contributed by atoms with Gasteiger partial charge < -0.3 is 24.9 Å². The number of benzene rings is 3. The molecular weight excluding hydrogens is 566 g/mol. The second-order valence-corrected chi connectivity index (χ2v) is 11.6. The van der Waals surface area contributed by atoms with Gasteiger partial charge in [0.05, 0.1) is 23.7 Å². The number of phenolic OH excluding ortho intramolecular Hbond substituents is 1. The highest BCUT2D eigenvalue weighted by Crippen LogP contribution is 2.53. The first kappa shape index (κ1) is 26.7. The van der Waals surface area contributed by atoms with Crippen LogP contribution < -0.4 is 24.6 Å². The summed E-state index contributed by atoms with van der Waals surface area (Å²) >= 11 is 2.22. The molecule has 10 nitrogen and oxygen atoms in total. The Bertz CT molecular complexity index is 1700. The molecule has 2 aliphatic rings. The number of nitrogens with zero attached hydrogens (tertiary/aromatic N) is 1. The van der Waals surface area contributed by atoms with Gasteiger partial charge in [-0.3, -0.25) is 19.2 Å². The van der Waals surface area contributed by atoms with Crippen LogP contribution in [-0.2, 0) is 14.4 Å². The van der Waals surface area contributed by atoms with E-state index in [0.29, 0.717) is 38.3 Å². The number of hydrogen-bond donors (Lipinski definition) is 3. The predicted molar refractivity (Wildman–Crippen MR) is 154 cm³/mol. The Kier molecular flexibility index (Phi) is 7.01.